The molecule has 282 valence electrons. The molecular weight excluding hydrogens is 732 g/mol. The van der Waals surface area contributed by atoms with Gasteiger partial charge in [0.15, 0.2) is 11.8 Å². The van der Waals surface area contributed by atoms with Gasteiger partial charge in [-0.2, -0.15) is 18.3 Å². The van der Waals surface area contributed by atoms with E-state index in [1.54, 1.807) is 0 Å². The monoisotopic (exact) mass is 765 g/mol. The Morgan fingerprint density at radius 2 is 1.83 bits per heavy atom. The number of nitrogens with zero attached hydrogens (tertiary/aromatic N) is 6. The first kappa shape index (κ1) is 39.0. The second-order valence-electron chi connectivity index (χ2n) is 13.4. The number of nitrogens with one attached hydrogen (secondary N) is 3. The van der Waals surface area contributed by atoms with E-state index in [4.69, 9.17) is 21.7 Å². The van der Waals surface area contributed by atoms with Gasteiger partial charge in [-0.15, -0.1) is 0 Å². The molecule has 2 amide bonds. The van der Waals surface area contributed by atoms with Crippen LogP contribution in [0.2, 0.25) is 5.02 Å². The van der Waals surface area contributed by atoms with Crippen molar-refractivity contribution in [1.82, 2.24) is 40.3 Å². The number of hydrogen-bond acceptors (Lipinski definition) is 8. The van der Waals surface area contributed by atoms with Crippen LogP contribution in [-0.4, -0.2) is 72.5 Å². The fraction of sp³-hybridized carbons (Fsp3) is 0.382. The Labute approximate surface area is 304 Å². The van der Waals surface area contributed by atoms with Gasteiger partial charge in [0.2, 0.25) is 0 Å². The predicted octanol–water partition coefficient (Wildman–Crippen LogP) is 7.42. The van der Waals surface area contributed by atoms with Crippen molar-refractivity contribution >= 4 is 29.6 Å². The van der Waals surface area contributed by atoms with Gasteiger partial charge in [-0.3, -0.25) is 25.1 Å². The summed E-state index contributed by atoms with van der Waals surface area (Å²) in [5.74, 6) is -3.52. The van der Waals surface area contributed by atoms with E-state index in [1.165, 1.54) is 42.9 Å². The minimum Gasteiger partial charge on any atom is -0.447 e. The molecule has 0 radical (unpaired) electrons. The number of rotatable bonds is 11. The van der Waals surface area contributed by atoms with E-state index in [9.17, 15) is 31.5 Å². The van der Waals surface area contributed by atoms with E-state index >= 15 is 4.39 Å². The van der Waals surface area contributed by atoms with E-state index in [0.29, 0.717) is 12.1 Å². The first-order valence-electron chi connectivity index (χ1n) is 16.1. The van der Waals surface area contributed by atoms with E-state index in [2.05, 4.69) is 25.4 Å². The first-order valence-corrected chi connectivity index (χ1v) is 16.5. The summed E-state index contributed by atoms with van der Waals surface area (Å²) in [6.45, 7) is 5.07. The lowest BCUT2D eigenvalue weighted by Crippen LogP contribution is -2.50. The van der Waals surface area contributed by atoms with E-state index in [-0.39, 0.29) is 46.6 Å². The number of alkyl halides is 5. The van der Waals surface area contributed by atoms with Crippen LogP contribution in [0.4, 0.5) is 31.1 Å². The third-order valence-corrected chi connectivity index (χ3v) is 8.68. The lowest BCUT2D eigenvalue weighted by molar-refractivity contribution is -0.164. The van der Waals surface area contributed by atoms with Crippen molar-refractivity contribution in [3.05, 3.63) is 89.1 Å². The van der Waals surface area contributed by atoms with Crippen LogP contribution < -0.4 is 10.6 Å². The summed E-state index contributed by atoms with van der Waals surface area (Å²) in [5.41, 5.74) is -2.83. The van der Waals surface area contributed by atoms with Gasteiger partial charge < -0.3 is 15.4 Å². The average Bonchev–Trinajstić information content (AvgIpc) is 3.72. The van der Waals surface area contributed by atoms with Crippen molar-refractivity contribution in [2.45, 2.75) is 64.2 Å². The largest absolute Gasteiger partial charge is 0.447 e. The van der Waals surface area contributed by atoms with Gasteiger partial charge in [0.25, 0.3) is 12.3 Å². The zero-order valence-electron chi connectivity index (χ0n) is 28.5. The molecule has 3 N–H and O–H groups in total. The van der Waals surface area contributed by atoms with Crippen LogP contribution >= 0.6 is 11.6 Å². The smallest absolute Gasteiger partial charge is 0.411 e. The summed E-state index contributed by atoms with van der Waals surface area (Å²) in [4.78, 5) is 39.6. The van der Waals surface area contributed by atoms with E-state index in [1.807, 2.05) is 26.1 Å². The van der Waals surface area contributed by atoms with Crippen molar-refractivity contribution < 1.29 is 40.7 Å². The Morgan fingerprint density at radius 1 is 1.09 bits per heavy atom. The predicted molar refractivity (Wildman–Crippen MR) is 180 cm³/mol. The SMILES string of the molecule is CC(C)(C)CCNC(=N)N(C(=O)c1ccc(-c2cnccn2)cc1F)[C@H](COC(=O)NC1(C(F)(F)F)CC1)c1ccc(Cl)c(-n2ncnc2C(F)F)c1. The molecule has 1 aliphatic rings. The van der Waals surface area contributed by atoms with E-state index < -0.39 is 66.0 Å². The zero-order valence-corrected chi connectivity index (χ0v) is 29.3. The maximum atomic E-state index is 15.8. The number of amides is 2. The highest BCUT2D eigenvalue weighted by atomic mass is 35.5. The highest BCUT2D eigenvalue weighted by molar-refractivity contribution is 6.32. The second-order valence-corrected chi connectivity index (χ2v) is 13.8. The van der Waals surface area contributed by atoms with Crippen molar-refractivity contribution in [3.8, 4) is 16.9 Å². The zero-order chi connectivity index (χ0) is 38.7. The molecule has 0 saturated heterocycles. The van der Waals surface area contributed by atoms with Crippen LogP contribution in [0.5, 0.6) is 0 Å². The highest BCUT2D eigenvalue weighted by Gasteiger charge is 2.64. The number of halogens is 7. The van der Waals surface area contributed by atoms with Crippen LogP contribution in [-0.2, 0) is 4.74 Å². The fourth-order valence-corrected chi connectivity index (χ4v) is 5.46. The van der Waals surface area contributed by atoms with Gasteiger partial charge in [-0.25, -0.2) is 27.6 Å². The Balaban J connectivity index is 1.59. The van der Waals surface area contributed by atoms with Gasteiger partial charge in [0.05, 0.1) is 34.2 Å². The Bertz CT molecular complexity index is 1970. The number of hydrogen-bond donors (Lipinski definition) is 3. The lowest BCUT2D eigenvalue weighted by Gasteiger charge is -2.33. The van der Waals surface area contributed by atoms with Crippen molar-refractivity contribution in [1.29, 1.82) is 5.41 Å². The number of aromatic nitrogens is 5. The molecule has 0 unspecified atom stereocenters. The molecule has 1 saturated carbocycles. The topological polar surface area (TPSA) is 151 Å². The second kappa shape index (κ2) is 15.4. The van der Waals surface area contributed by atoms with Gasteiger partial charge in [-0.05, 0) is 54.5 Å². The van der Waals surface area contributed by atoms with Gasteiger partial charge in [0, 0.05) is 24.5 Å². The number of carbonyl (C=O) groups is 2. The molecule has 2 aromatic carbocycles. The molecule has 5 rings (SSSR count). The van der Waals surface area contributed by atoms with Crippen LogP contribution in [0.15, 0.2) is 61.3 Å². The summed E-state index contributed by atoms with van der Waals surface area (Å²) in [6.07, 6.45) is -4.54. The number of ether oxygens (including phenoxy) is 1. The Kier molecular flexibility index (Phi) is 11.3. The maximum Gasteiger partial charge on any atom is 0.411 e. The first-order chi connectivity index (χ1) is 24.9. The molecule has 53 heavy (non-hydrogen) atoms. The molecule has 0 spiro atoms. The van der Waals surface area contributed by atoms with Crippen LogP contribution in [0, 0.1) is 16.6 Å². The maximum absolute atomic E-state index is 15.8. The van der Waals surface area contributed by atoms with Crippen LogP contribution in [0.1, 0.15) is 74.2 Å². The highest BCUT2D eigenvalue weighted by Crippen LogP contribution is 2.49. The molecule has 19 heteroatoms. The molecular formula is C34H34ClF6N9O3. The van der Waals surface area contributed by atoms with E-state index in [0.717, 1.165) is 28.0 Å². The molecule has 12 nitrogen and oxygen atoms in total. The number of alkyl carbamates (subject to hydrolysis) is 1. The lowest BCUT2D eigenvalue weighted by atomic mass is 9.92. The van der Waals surface area contributed by atoms with Gasteiger partial charge in [-0.1, -0.05) is 44.5 Å². The normalized spacial score (nSPS) is 14.4. The molecule has 0 bridgehead atoms. The number of benzene rings is 2. The van der Waals surface area contributed by atoms with Crippen LogP contribution in [0.25, 0.3) is 16.9 Å². The molecule has 2 heterocycles. The van der Waals surface area contributed by atoms with Gasteiger partial charge >= 0.3 is 12.3 Å². The van der Waals surface area contributed by atoms with Crippen LogP contribution in [0.3, 0.4) is 0 Å². The Morgan fingerprint density at radius 3 is 2.43 bits per heavy atom. The number of guanidine groups is 1. The quantitative estimate of drug-likeness (QED) is 0.0811. The van der Waals surface area contributed by atoms with Crippen molar-refractivity contribution in [2.75, 3.05) is 13.2 Å². The molecule has 1 aliphatic carbocycles. The Hall–Kier alpha value is -5.26. The third-order valence-electron chi connectivity index (χ3n) is 8.36. The standard InChI is InChI=1S/C34H34ClF6N9O3/c1-32(2,3)10-11-45-30(42)49(29(51)21-6-4-19(14-23(21)36)24-16-43-12-13-44-24)26(17-53-31(52)48-33(8-9-33)34(39,40)41)20-5-7-22(35)25(15-20)50-28(27(37)38)46-18-47-50/h4-7,12-16,18,26-27H,8-11,17H2,1-3H3,(H2,42,45)(H,48,52)/t26-/m1/s1. The third kappa shape index (κ3) is 9.04. The molecule has 0 aliphatic heterocycles. The van der Waals surface area contributed by atoms with Crippen molar-refractivity contribution in [3.63, 3.8) is 0 Å². The summed E-state index contributed by atoms with van der Waals surface area (Å²) < 4.78 is 90.5. The fourth-order valence-electron chi connectivity index (χ4n) is 5.26. The minimum absolute atomic E-state index is 0.00261. The molecule has 2 aromatic heterocycles. The summed E-state index contributed by atoms with van der Waals surface area (Å²) in [6, 6.07) is 5.81. The number of carbonyl (C=O) groups excluding carboxylic acids is 2. The molecule has 1 fully saturated rings. The summed E-state index contributed by atoms with van der Waals surface area (Å²) in [7, 11) is 0. The molecule has 1 atom stereocenters. The summed E-state index contributed by atoms with van der Waals surface area (Å²) in [5, 5.41) is 17.4. The summed E-state index contributed by atoms with van der Waals surface area (Å²) >= 11 is 6.39. The minimum atomic E-state index is -4.77. The average molecular weight is 766 g/mol. The van der Waals surface area contributed by atoms with Crippen molar-refractivity contribution in [2.24, 2.45) is 5.41 Å². The van der Waals surface area contributed by atoms with Gasteiger partial charge in [0.1, 0.15) is 24.3 Å². The molecule has 4 aromatic rings.